The van der Waals surface area contributed by atoms with Crippen molar-refractivity contribution in [3.63, 3.8) is 0 Å². The number of aromatic nitrogens is 1. The van der Waals surface area contributed by atoms with Crippen molar-refractivity contribution in [2.24, 2.45) is 5.92 Å². The van der Waals surface area contributed by atoms with Crippen LogP contribution in [0.15, 0.2) is 18.2 Å². The van der Waals surface area contributed by atoms with Crippen LogP contribution in [0, 0.1) is 5.92 Å². The highest BCUT2D eigenvalue weighted by molar-refractivity contribution is 7.88. The van der Waals surface area contributed by atoms with Crippen molar-refractivity contribution in [2.75, 3.05) is 39.6 Å². The molecule has 1 aromatic heterocycles. The molecule has 1 amide bonds. The molecule has 0 unspecified atom stereocenters. The molecule has 1 saturated carbocycles. The van der Waals surface area contributed by atoms with E-state index in [0.717, 1.165) is 53.6 Å². The SMILES string of the molecule is COc1ccc2c3c([nH]c2c1)[C@@H](CO)N(C(=O)C1CCCC1)CC31CCN(S(C)(=O)=O)CC1. The second-order valence-corrected chi connectivity index (χ2v) is 11.9. The van der Waals surface area contributed by atoms with Crippen molar-refractivity contribution in [1.82, 2.24) is 14.2 Å². The van der Waals surface area contributed by atoms with Gasteiger partial charge in [-0.15, -0.1) is 0 Å². The van der Waals surface area contributed by atoms with Crippen LogP contribution in [0.1, 0.15) is 55.8 Å². The number of piperidine rings is 1. The number of H-pyrrole nitrogens is 1. The summed E-state index contributed by atoms with van der Waals surface area (Å²) in [5.41, 5.74) is 2.57. The lowest BCUT2D eigenvalue weighted by atomic mass is 9.68. The van der Waals surface area contributed by atoms with Gasteiger partial charge in [-0.25, -0.2) is 12.7 Å². The summed E-state index contributed by atoms with van der Waals surface area (Å²) >= 11 is 0. The Kier molecular flexibility index (Phi) is 5.69. The molecule has 1 atom stereocenters. The summed E-state index contributed by atoms with van der Waals surface area (Å²) in [5.74, 6) is 0.873. The highest BCUT2D eigenvalue weighted by Gasteiger charge is 2.50. The molecule has 0 bridgehead atoms. The minimum absolute atomic E-state index is 0.0123. The summed E-state index contributed by atoms with van der Waals surface area (Å²) in [6, 6.07) is 5.49. The lowest BCUT2D eigenvalue weighted by Gasteiger charge is -2.50. The molecule has 0 radical (unpaired) electrons. The van der Waals surface area contributed by atoms with Gasteiger partial charge in [0.05, 0.1) is 26.0 Å². The summed E-state index contributed by atoms with van der Waals surface area (Å²) in [7, 11) is -1.64. The van der Waals surface area contributed by atoms with E-state index in [2.05, 4.69) is 4.98 Å². The number of amides is 1. The van der Waals surface area contributed by atoms with Crippen LogP contribution in [0.4, 0.5) is 0 Å². The smallest absolute Gasteiger partial charge is 0.226 e. The number of benzene rings is 1. The molecule has 180 valence electrons. The molecule has 3 heterocycles. The number of nitrogens with zero attached hydrogens (tertiary/aromatic N) is 2. The van der Waals surface area contributed by atoms with Crippen LogP contribution in [-0.2, 0) is 20.2 Å². The third-order valence-electron chi connectivity index (χ3n) is 8.06. The number of carbonyl (C=O) groups is 1. The molecule has 1 spiro atoms. The Morgan fingerprint density at radius 1 is 1.24 bits per heavy atom. The number of aromatic amines is 1. The fraction of sp³-hybridized carbons (Fsp3) is 0.625. The normalized spacial score (nSPS) is 23.8. The van der Waals surface area contributed by atoms with E-state index in [-0.39, 0.29) is 23.8 Å². The van der Waals surface area contributed by atoms with Crippen LogP contribution in [0.2, 0.25) is 0 Å². The van der Waals surface area contributed by atoms with E-state index < -0.39 is 16.1 Å². The zero-order valence-corrected chi connectivity index (χ0v) is 20.2. The molecule has 1 aromatic carbocycles. The summed E-state index contributed by atoms with van der Waals surface area (Å²) in [5, 5.41) is 11.5. The number of aliphatic hydroxyl groups is 1. The van der Waals surface area contributed by atoms with Crippen LogP contribution in [0.3, 0.4) is 0 Å². The molecule has 1 aliphatic carbocycles. The maximum Gasteiger partial charge on any atom is 0.226 e. The number of carbonyl (C=O) groups excluding carboxylic acids is 1. The second-order valence-electron chi connectivity index (χ2n) is 9.91. The molecule has 33 heavy (non-hydrogen) atoms. The maximum atomic E-state index is 13.6. The summed E-state index contributed by atoms with van der Waals surface area (Å²) in [6.07, 6.45) is 6.47. The van der Waals surface area contributed by atoms with Crippen molar-refractivity contribution in [1.29, 1.82) is 0 Å². The van der Waals surface area contributed by atoms with Crippen molar-refractivity contribution < 1.29 is 23.1 Å². The number of hydrogen-bond acceptors (Lipinski definition) is 5. The van der Waals surface area contributed by atoms with Crippen LogP contribution in [-0.4, -0.2) is 73.2 Å². The van der Waals surface area contributed by atoms with Gasteiger partial charge in [0, 0.05) is 53.6 Å². The fourth-order valence-electron chi connectivity index (χ4n) is 6.30. The lowest BCUT2D eigenvalue weighted by Crippen LogP contribution is -2.56. The van der Waals surface area contributed by atoms with Crippen LogP contribution < -0.4 is 4.74 Å². The van der Waals surface area contributed by atoms with Crippen molar-refractivity contribution >= 4 is 26.8 Å². The molecule has 9 heteroatoms. The van der Waals surface area contributed by atoms with Gasteiger partial charge in [0.25, 0.3) is 0 Å². The third-order valence-corrected chi connectivity index (χ3v) is 9.36. The van der Waals surface area contributed by atoms with Crippen LogP contribution in [0.25, 0.3) is 10.9 Å². The average Bonchev–Trinajstić information content (AvgIpc) is 3.46. The first-order chi connectivity index (χ1) is 15.8. The number of hydrogen-bond donors (Lipinski definition) is 2. The van der Waals surface area contributed by atoms with Gasteiger partial charge in [-0.3, -0.25) is 4.79 Å². The van der Waals surface area contributed by atoms with Crippen molar-refractivity contribution in [2.45, 2.75) is 50.0 Å². The number of nitrogens with one attached hydrogen (secondary N) is 1. The molecule has 2 aliphatic heterocycles. The first kappa shape index (κ1) is 22.7. The molecule has 2 aromatic rings. The minimum atomic E-state index is -3.27. The van der Waals surface area contributed by atoms with Crippen LogP contribution in [0.5, 0.6) is 5.75 Å². The van der Waals surface area contributed by atoms with Gasteiger partial charge in [-0.2, -0.15) is 0 Å². The average molecular weight is 476 g/mol. The van der Waals surface area contributed by atoms with Gasteiger partial charge < -0.3 is 19.7 Å². The fourth-order valence-corrected chi connectivity index (χ4v) is 7.15. The van der Waals surface area contributed by atoms with Gasteiger partial charge >= 0.3 is 0 Å². The highest BCUT2D eigenvalue weighted by atomic mass is 32.2. The van der Waals surface area contributed by atoms with Gasteiger partial charge in [0.15, 0.2) is 0 Å². The first-order valence-corrected chi connectivity index (χ1v) is 13.7. The van der Waals surface area contributed by atoms with Gasteiger partial charge in [0.2, 0.25) is 15.9 Å². The Morgan fingerprint density at radius 2 is 1.94 bits per heavy atom. The summed E-state index contributed by atoms with van der Waals surface area (Å²) in [4.78, 5) is 19.0. The van der Waals surface area contributed by atoms with Crippen molar-refractivity contribution in [3.8, 4) is 5.75 Å². The molecule has 8 nitrogen and oxygen atoms in total. The molecule has 3 aliphatic rings. The van der Waals surface area contributed by atoms with E-state index >= 15 is 0 Å². The number of ether oxygens (including phenoxy) is 1. The molecular formula is C24H33N3O5S. The van der Waals surface area contributed by atoms with Gasteiger partial charge in [-0.1, -0.05) is 12.8 Å². The number of fused-ring (bicyclic) bond motifs is 4. The zero-order valence-electron chi connectivity index (χ0n) is 19.3. The largest absolute Gasteiger partial charge is 0.497 e. The summed E-state index contributed by atoms with van der Waals surface area (Å²) in [6.45, 7) is 1.21. The van der Waals surface area contributed by atoms with Gasteiger partial charge in [0.1, 0.15) is 5.75 Å². The zero-order chi connectivity index (χ0) is 23.4. The number of aliphatic hydroxyl groups excluding tert-OH is 1. The predicted molar refractivity (Wildman–Crippen MR) is 126 cm³/mol. The highest BCUT2D eigenvalue weighted by Crippen LogP contribution is 2.50. The second kappa shape index (κ2) is 8.29. The quantitative estimate of drug-likeness (QED) is 0.707. The minimum Gasteiger partial charge on any atom is -0.497 e. The lowest BCUT2D eigenvalue weighted by molar-refractivity contribution is -0.141. The van der Waals surface area contributed by atoms with Gasteiger partial charge in [-0.05, 0) is 43.4 Å². The number of sulfonamides is 1. The van der Waals surface area contributed by atoms with E-state index in [9.17, 15) is 18.3 Å². The van der Waals surface area contributed by atoms with Crippen LogP contribution >= 0.6 is 0 Å². The number of methoxy groups -OCH3 is 1. The Balaban J connectivity index is 1.63. The molecule has 2 N–H and O–H groups in total. The topological polar surface area (TPSA) is 103 Å². The summed E-state index contributed by atoms with van der Waals surface area (Å²) < 4.78 is 31.3. The Bertz CT molecular complexity index is 1160. The number of rotatable bonds is 4. The Morgan fingerprint density at radius 3 is 2.55 bits per heavy atom. The third kappa shape index (κ3) is 3.74. The molecule has 2 fully saturated rings. The van der Waals surface area contributed by atoms with E-state index in [4.69, 9.17) is 4.74 Å². The van der Waals surface area contributed by atoms with E-state index in [0.29, 0.717) is 32.5 Å². The van der Waals surface area contributed by atoms with E-state index in [1.807, 2.05) is 23.1 Å². The van der Waals surface area contributed by atoms with E-state index in [1.54, 1.807) is 7.11 Å². The Hall–Kier alpha value is -2.10. The Labute approximate surface area is 194 Å². The standard InChI is InChI=1S/C24H33N3O5S/c1-32-17-7-8-18-19(13-17)25-22-20(14-28)27(23(29)16-5-3-4-6-16)15-24(21(18)22)9-11-26(12-10-24)33(2,30)31/h7-8,13,16,20,25,28H,3-6,9-12,14-15H2,1-2H3/t20-/m1/s1. The molecular weight excluding hydrogens is 442 g/mol. The first-order valence-electron chi connectivity index (χ1n) is 11.8. The molecule has 1 saturated heterocycles. The van der Waals surface area contributed by atoms with E-state index in [1.165, 1.54) is 10.6 Å². The van der Waals surface area contributed by atoms with Crippen molar-refractivity contribution in [3.05, 3.63) is 29.5 Å². The maximum absolute atomic E-state index is 13.6. The monoisotopic (exact) mass is 475 g/mol. The molecule has 5 rings (SSSR count). The predicted octanol–water partition coefficient (Wildman–Crippen LogP) is 2.54.